The highest BCUT2D eigenvalue weighted by atomic mass is 79.9. The standard InChI is InChI=1S/C14H12BrN5.C10H10N2.C4H3Br2N3/c15-12-8-18-13(16)14(20-12)19-7-9-3-4-11-10(6-9)2-1-5-17-11;11-7-8-3-4-10-9(6-8)2-1-5-12-10;5-2-1-8-4(7)3(6)9-2/h1-6,8H,7H2,(H2,16,18)(H,19,20);1-6H,7,11H2;1H,(H2,7,8). The molecular weight excluding hydrogens is 716 g/mol. The van der Waals surface area contributed by atoms with E-state index in [1.807, 2.05) is 48.5 Å². The van der Waals surface area contributed by atoms with Gasteiger partial charge in [0.25, 0.3) is 0 Å². The van der Waals surface area contributed by atoms with E-state index < -0.39 is 0 Å². The minimum atomic E-state index is 0.385. The first-order chi connectivity index (χ1) is 19.8. The van der Waals surface area contributed by atoms with Gasteiger partial charge < -0.3 is 22.5 Å². The van der Waals surface area contributed by atoms with Crippen molar-refractivity contribution in [1.82, 2.24) is 29.9 Å². The molecule has 0 fully saturated rings. The summed E-state index contributed by atoms with van der Waals surface area (Å²) < 4.78 is 1.89. The molecule has 0 aliphatic rings. The molecule has 10 nitrogen and oxygen atoms in total. The second-order valence-electron chi connectivity index (χ2n) is 8.41. The molecule has 0 aliphatic heterocycles. The third kappa shape index (κ3) is 8.85. The number of hydrogen-bond donors (Lipinski definition) is 4. The van der Waals surface area contributed by atoms with E-state index in [-0.39, 0.29) is 0 Å². The monoisotopic (exact) mass is 738 g/mol. The van der Waals surface area contributed by atoms with E-state index in [0.717, 1.165) is 32.9 Å². The van der Waals surface area contributed by atoms with Gasteiger partial charge in [-0.15, -0.1) is 0 Å². The summed E-state index contributed by atoms with van der Waals surface area (Å²) >= 11 is 9.53. The lowest BCUT2D eigenvalue weighted by atomic mass is 10.1. The molecule has 0 saturated carbocycles. The summed E-state index contributed by atoms with van der Waals surface area (Å²) in [5.74, 6) is 1.36. The average Bonchev–Trinajstić information content (AvgIpc) is 3.00. The zero-order chi connectivity index (χ0) is 29.2. The fourth-order valence-electron chi connectivity index (χ4n) is 3.54. The maximum absolute atomic E-state index is 5.78. The van der Waals surface area contributed by atoms with Crippen molar-refractivity contribution in [2.24, 2.45) is 5.73 Å². The Morgan fingerprint density at radius 2 is 1.22 bits per heavy atom. The lowest BCUT2D eigenvalue weighted by Gasteiger charge is -2.08. The molecule has 0 radical (unpaired) electrons. The summed E-state index contributed by atoms with van der Waals surface area (Å²) in [5, 5.41) is 5.45. The van der Waals surface area contributed by atoms with Gasteiger partial charge in [0.2, 0.25) is 0 Å². The molecular formula is C28H25Br3N10. The predicted octanol–water partition coefficient (Wildman–Crippen LogP) is 6.26. The third-order valence-corrected chi connectivity index (χ3v) is 6.88. The number of hydrogen-bond acceptors (Lipinski definition) is 10. The first kappa shape index (κ1) is 30.2. The Bertz CT molecular complexity index is 1770. The van der Waals surface area contributed by atoms with Crippen molar-refractivity contribution in [2.75, 3.05) is 16.8 Å². The minimum Gasteiger partial charge on any atom is -0.381 e. The molecule has 208 valence electrons. The van der Waals surface area contributed by atoms with Crippen molar-refractivity contribution in [2.45, 2.75) is 13.1 Å². The number of halogens is 3. The molecule has 0 unspecified atom stereocenters. The molecule has 4 aromatic heterocycles. The van der Waals surface area contributed by atoms with E-state index in [4.69, 9.17) is 17.2 Å². The molecule has 2 aromatic carbocycles. The zero-order valence-corrected chi connectivity index (χ0v) is 26.3. The van der Waals surface area contributed by atoms with Crippen LogP contribution in [0.25, 0.3) is 21.8 Å². The van der Waals surface area contributed by atoms with Crippen molar-refractivity contribution in [3.05, 3.63) is 110 Å². The molecule has 41 heavy (non-hydrogen) atoms. The van der Waals surface area contributed by atoms with Crippen LogP contribution in [0.4, 0.5) is 17.5 Å². The summed E-state index contributed by atoms with van der Waals surface area (Å²) in [6.07, 6.45) is 6.70. The quantitative estimate of drug-likeness (QED) is 0.162. The van der Waals surface area contributed by atoms with Crippen LogP contribution < -0.4 is 22.5 Å². The van der Waals surface area contributed by atoms with E-state index in [1.54, 1.807) is 24.8 Å². The predicted molar refractivity (Wildman–Crippen MR) is 175 cm³/mol. The molecule has 6 aromatic rings. The van der Waals surface area contributed by atoms with Crippen molar-refractivity contribution in [3.63, 3.8) is 0 Å². The van der Waals surface area contributed by atoms with Crippen molar-refractivity contribution in [1.29, 1.82) is 0 Å². The van der Waals surface area contributed by atoms with Gasteiger partial charge in [-0.25, -0.2) is 19.9 Å². The highest BCUT2D eigenvalue weighted by Crippen LogP contribution is 2.19. The van der Waals surface area contributed by atoms with Crippen LogP contribution in [0.3, 0.4) is 0 Å². The Morgan fingerprint density at radius 3 is 1.80 bits per heavy atom. The summed E-state index contributed by atoms with van der Waals surface area (Å²) in [4.78, 5) is 24.5. The van der Waals surface area contributed by atoms with Crippen LogP contribution in [0.15, 0.2) is 99.3 Å². The van der Waals surface area contributed by atoms with Gasteiger partial charge in [-0.3, -0.25) is 9.97 Å². The first-order valence-electron chi connectivity index (χ1n) is 12.1. The first-order valence-corrected chi connectivity index (χ1v) is 14.5. The lowest BCUT2D eigenvalue weighted by molar-refractivity contribution is 1.07. The zero-order valence-electron chi connectivity index (χ0n) is 21.5. The van der Waals surface area contributed by atoms with Gasteiger partial charge in [0, 0.05) is 36.3 Å². The highest BCUT2D eigenvalue weighted by Gasteiger charge is 2.04. The number of pyridine rings is 2. The van der Waals surface area contributed by atoms with Gasteiger partial charge in [0.1, 0.15) is 13.8 Å². The number of nitrogens with zero attached hydrogens (tertiary/aromatic N) is 6. The largest absolute Gasteiger partial charge is 0.381 e. The topological polar surface area (TPSA) is 167 Å². The number of benzene rings is 2. The number of anilines is 3. The maximum atomic E-state index is 5.78. The molecule has 13 heteroatoms. The average molecular weight is 741 g/mol. The summed E-state index contributed by atoms with van der Waals surface area (Å²) in [7, 11) is 0. The molecule has 6 rings (SSSR count). The lowest BCUT2D eigenvalue weighted by Crippen LogP contribution is -2.06. The van der Waals surface area contributed by atoms with E-state index in [2.05, 4.69) is 95.1 Å². The molecule has 7 N–H and O–H groups in total. The van der Waals surface area contributed by atoms with E-state index in [9.17, 15) is 0 Å². The molecule has 0 saturated heterocycles. The molecule has 0 spiro atoms. The summed E-state index contributed by atoms with van der Waals surface area (Å²) in [6, 6.07) is 20.2. The molecule has 4 heterocycles. The second-order valence-corrected chi connectivity index (χ2v) is 10.8. The van der Waals surface area contributed by atoms with Gasteiger partial charge in [0.05, 0.1) is 23.4 Å². The van der Waals surface area contributed by atoms with E-state index in [1.165, 1.54) is 0 Å². The number of nitrogens with one attached hydrogen (secondary N) is 1. The molecule has 0 atom stereocenters. The number of nitrogen functional groups attached to an aromatic ring is 2. The molecule has 0 bridgehead atoms. The Hall–Kier alpha value is -3.78. The van der Waals surface area contributed by atoms with Crippen LogP contribution in [0.5, 0.6) is 0 Å². The highest BCUT2D eigenvalue weighted by molar-refractivity contribution is 9.11. The van der Waals surface area contributed by atoms with Gasteiger partial charge >= 0.3 is 0 Å². The minimum absolute atomic E-state index is 0.385. The fraction of sp³-hybridized carbons (Fsp3) is 0.0714. The fourth-order valence-corrected chi connectivity index (χ4v) is 4.63. The van der Waals surface area contributed by atoms with E-state index >= 15 is 0 Å². The van der Waals surface area contributed by atoms with Gasteiger partial charge in [0.15, 0.2) is 17.5 Å². The van der Waals surface area contributed by atoms with Crippen molar-refractivity contribution in [3.8, 4) is 0 Å². The van der Waals surface area contributed by atoms with Crippen LogP contribution in [0, 0.1) is 0 Å². The second kappa shape index (κ2) is 14.7. The van der Waals surface area contributed by atoms with Crippen molar-refractivity contribution < 1.29 is 0 Å². The smallest absolute Gasteiger partial charge is 0.170 e. The summed E-state index contributed by atoms with van der Waals surface area (Å²) in [6.45, 7) is 1.21. The van der Waals surface area contributed by atoms with Crippen LogP contribution in [-0.4, -0.2) is 29.9 Å². The van der Waals surface area contributed by atoms with Crippen LogP contribution in [0.1, 0.15) is 11.1 Å². The summed E-state index contributed by atoms with van der Waals surface area (Å²) in [5.41, 5.74) is 20.9. The SMILES string of the molecule is NCc1ccc2ncccc2c1.Nc1ncc(Br)nc1Br.Nc1ncc(Br)nc1NCc1ccc2ncccc2c1. The van der Waals surface area contributed by atoms with Crippen molar-refractivity contribution >= 4 is 87.0 Å². The molecule has 0 aliphatic carbocycles. The number of aromatic nitrogens is 6. The van der Waals surface area contributed by atoms with Crippen LogP contribution in [-0.2, 0) is 13.1 Å². The number of nitrogens with two attached hydrogens (primary N) is 3. The number of rotatable bonds is 4. The maximum Gasteiger partial charge on any atom is 0.170 e. The van der Waals surface area contributed by atoms with Crippen LogP contribution >= 0.6 is 47.8 Å². The Balaban J connectivity index is 0.000000156. The van der Waals surface area contributed by atoms with Gasteiger partial charge in [-0.2, -0.15) is 0 Å². The Labute approximate surface area is 261 Å². The van der Waals surface area contributed by atoms with E-state index in [0.29, 0.717) is 44.4 Å². The molecule has 0 amide bonds. The van der Waals surface area contributed by atoms with Crippen LogP contribution in [0.2, 0.25) is 0 Å². The normalized spacial score (nSPS) is 10.3. The number of fused-ring (bicyclic) bond motifs is 2. The van der Waals surface area contributed by atoms with Gasteiger partial charge in [-0.05, 0) is 95.3 Å². The Kier molecular flexibility index (Phi) is 10.8. The van der Waals surface area contributed by atoms with Gasteiger partial charge in [-0.1, -0.05) is 24.3 Å². The third-order valence-electron chi connectivity index (χ3n) is 5.53. The Morgan fingerprint density at radius 1 is 0.659 bits per heavy atom.